The number of nitrogen functional groups attached to an aromatic ring is 1. The summed E-state index contributed by atoms with van der Waals surface area (Å²) in [6, 6.07) is 2.38. The first-order valence-corrected chi connectivity index (χ1v) is 6.79. The number of pyridine rings is 1. The summed E-state index contributed by atoms with van der Waals surface area (Å²) in [6.45, 7) is 0. The zero-order chi connectivity index (χ0) is 19.4. The number of nitro benzene ring substituents is 1. The molecule has 3 rings (SSSR count). The lowest BCUT2D eigenvalue weighted by Gasteiger charge is -2.17. The van der Waals surface area contributed by atoms with Gasteiger partial charge in [0.2, 0.25) is 0 Å². The minimum Gasteiger partial charge on any atom is -0.384 e. The molecule has 1 aromatic carbocycles. The number of nitrogens with one attached hydrogen (secondary N) is 1. The third-order valence-corrected chi connectivity index (χ3v) is 3.69. The average molecular weight is 368 g/mol. The monoisotopic (exact) mass is 368 g/mol. The SMILES string of the molecule is Nc1c2c(cc(=O)n1-c1ccc([N+](=O)[O-])cc1C(F)(F)F)C(=O)NC2=O. The predicted molar refractivity (Wildman–Crippen MR) is 79.9 cm³/mol. The van der Waals surface area contributed by atoms with Crippen molar-refractivity contribution in [2.75, 3.05) is 5.73 Å². The van der Waals surface area contributed by atoms with E-state index >= 15 is 0 Å². The molecule has 0 radical (unpaired) electrons. The van der Waals surface area contributed by atoms with Crippen LogP contribution < -0.4 is 16.6 Å². The third-order valence-electron chi connectivity index (χ3n) is 3.69. The number of amides is 2. The van der Waals surface area contributed by atoms with E-state index in [9.17, 15) is 37.7 Å². The van der Waals surface area contributed by atoms with Crippen LogP contribution in [0.2, 0.25) is 0 Å². The summed E-state index contributed by atoms with van der Waals surface area (Å²) >= 11 is 0. The molecule has 2 heterocycles. The second-order valence-electron chi connectivity index (χ2n) is 5.23. The zero-order valence-electron chi connectivity index (χ0n) is 12.5. The van der Waals surface area contributed by atoms with Crippen LogP contribution in [-0.4, -0.2) is 21.3 Å². The molecule has 9 nitrogen and oxygen atoms in total. The van der Waals surface area contributed by atoms with E-state index in [1.54, 1.807) is 0 Å². The highest BCUT2D eigenvalue weighted by atomic mass is 19.4. The van der Waals surface area contributed by atoms with E-state index < -0.39 is 56.8 Å². The van der Waals surface area contributed by atoms with Crippen molar-refractivity contribution >= 4 is 23.3 Å². The summed E-state index contributed by atoms with van der Waals surface area (Å²) in [6.07, 6.45) is -5.05. The molecule has 0 fully saturated rings. The number of imide groups is 1. The van der Waals surface area contributed by atoms with Crippen LogP contribution in [-0.2, 0) is 6.18 Å². The molecule has 3 N–H and O–H groups in total. The fourth-order valence-electron chi connectivity index (χ4n) is 2.59. The first kappa shape index (κ1) is 17.1. The fraction of sp³-hybridized carbons (Fsp3) is 0.0714. The van der Waals surface area contributed by atoms with Gasteiger partial charge in [-0.3, -0.25) is 34.4 Å². The number of anilines is 1. The summed E-state index contributed by atoms with van der Waals surface area (Å²) in [5.41, 5.74) is 0.626. The highest BCUT2D eigenvalue weighted by Crippen LogP contribution is 2.37. The first-order valence-electron chi connectivity index (χ1n) is 6.79. The molecule has 0 unspecified atom stereocenters. The minimum absolute atomic E-state index is 0.250. The summed E-state index contributed by atoms with van der Waals surface area (Å²) in [7, 11) is 0. The Morgan fingerprint density at radius 1 is 1.12 bits per heavy atom. The number of fused-ring (bicyclic) bond motifs is 1. The lowest BCUT2D eigenvalue weighted by Crippen LogP contribution is -2.26. The maximum Gasteiger partial charge on any atom is 0.418 e. The molecule has 1 aromatic heterocycles. The van der Waals surface area contributed by atoms with Gasteiger partial charge in [0.25, 0.3) is 23.1 Å². The van der Waals surface area contributed by atoms with E-state index in [0.29, 0.717) is 16.7 Å². The van der Waals surface area contributed by atoms with Gasteiger partial charge in [0, 0.05) is 18.2 Å². The number of non-ortho nitro benzene ring substituents is 1. The average Bonchev–Trinajstić information content (AvgIpc) is 2.80. The maximum absolute atomic E-state index is 13.3. The van der Waals surface area contributed by atoms with Crippen molar-refractivity contribution in [2.45, 2.75) is 6.18 Å². The van der Waals surface area contributed by atoms with Gasteiger partial charge < -0.3 is 5.73 Å². The number of carbonyl (C=O) groups is 2. The van der Waals surface area contributed by atoms with Crippen LogP contribution in [0.15, 0.2) is 29.1 Å². The number of hydrogen-bond donors (Lipinski definition) is 2. The van der Waals surface area contributed by atoms with Crippen molar-refractivity contribution < 1.29 is 27.7 Å². The second kappa shape index (κ2) is 5.40. The Hall–Kier alpha value is -3.70. The molecule has 0 atom stereocenters. The smallest absolute Gasteiger partial charge is 0.384 e. The number of halogens is 3. The van der Waals surface area contributed by atoms with Gasteiger partial charge in [0.05, 0.1) is 27.3 Å². The number of benzene rings is 1. The van der Waals surface area contributed by atoms with Gasteiger partial charge in [0.15, 0.2) is 0 Å². The van der Waals surface area contributed by atoms with Gasteiger partial charge in [-0.2, -0.15) is 13.2 Å². The third kappa shape index (κ3) is 2.47. The largest absolute Gasteiger partial charge is 0.418 e. The normalized spacial score (nSPS) is 13.5. The van der Waals surface area contributed by atoms with Crippen molar-refractivity contribution in [2.24, 2.45) is 0 Å². The zero-order valence-corrected chi connectivity index (χ0v) is 12.5. The van der Waals surface area contributed by atoms with Crippen LogP contribution in [0.4, 0.5) is 24.7 Å². The fourth-order valence-corrected chi connectivity index (χ4v) is 2.59. The van der Waals surface area contributed by atoms with Crippen molar-refractivity contribution in [3.05, 3.63) is 61.4 Å². The highest BCUT2D eigenvalue weighted by molar-refractivity contribution is 6.23. The Bertz CT molecular complexity index is 1060. The summed E-state index contributed by atoms with van der Waals surface area (Å²) in [5, 5.41) is 12.6. The highest BCUT2D eigenvalue weighted by Gasteiger charge is 2.38. The number of nitrogens with zero attached hydrogens (tertiary/aromatic N) is 2. The van der Waals surface area contributed by atoms with Crippen LogP contribution >= 0.6 is 0 Å². The van der Waals surface area contributed by atoms with E-state index in [1.165, 1.54) is 0 Å². The van der Waals surface area contributed by atoms with Gasteiger partial charge in [-0.1, -0.05) is 0 Å². The molecule has 26 heavy (non-hydrogen) atoms. The number of nitrogens with two attached hydrogens (primary N) is 1. The molecule has 0 saturated carbocycles. The molecular weight excluding hydrogens is 361 g/mol. The first-order chi connectivity index (χ1) is 12.0. The molecule has 1 aliphatic rings. The molecule has 134 valence electrons. The second-order valence-corrected chi connectivity index (χ2v) is 5.23. The summed E-state index contributed by atoms with van der Waals surface area (Å²) in [4.78, 5) is 45.3. The van der Waals surface area contributed by atoms with Gasteiger partial charge >= 0.3 is 6.18 Å². The predicted octanol–water partition coefficient (Wildman–Crippen LogP) is 1.23. The summed E-state index contributed by atoms with van der Waals surface area (Å²) in [5.74, 6) is -2.55. The van der Waals surface area contributed by atoms with E-state index in [1.807, 2.05) is 5.32 Å². The molecule has 2 aromatic rings. The van der Waals surface area contributed by atoms with Crippen LogP contribution in [0.3, 0.4) is 0 Å². The van der Waals surface area contributed by atoms with Gasteiger partial charge in [0.1, 0.15) is 5.82 Å². The van der Waals surface area contributed by atoms with E-state index in [4.69, 9.17) is 5.73 Å². The minimum atomic E-state index is -5.05. The standard InChI is InChI=1S/C14H7F3N4O5/c15-14(16,17)7-3-5(21(25)26)1-2-8(7)20-9(22)4-6-10(11(20)18)13(24)19-12(6)23/h1-4H,18H2,(H,19,23,24). The number of nitro groups is 1. The van der Waals surface area contributed by atoms with Crippen LogP contribution in [0.25, 0.3) is 5.69 Å². The molecule has 0 aliphatic carbocycles. The lowest BCUT2D eigenvalue weighted by atomic mass is 10.1. The number of hydrogen-bond acceptors (Lipinski definition) is 6. The van der Waals surface area contributed by atoms with Crippen molar-refractivity contribution in [3.8, 4) is 5.69 Å². The van der Waals surface area contributed by atoms with Crippen LogP contribution in [0.5, 0.6) is 0 Å². The van der Waals surface area contributed by atoms with Gasteiger partial charge in [-0.05, 0) is 6.07 Å². The lowest BCUT2D eigenvalue weighted by molar-refractivity contribution is -0.385. The Morgan fingerprint density at radius 2 is 1.77 bits per heavy atom. The molecule has 0 bridgehead atoms. The Morgan fingerprint density at radius 3 is 2.35 bits per heavy atom. The van der Waals surface area contributed by atoms with Crippen LogP contribution in [0, 0.1) is 10.1 Å². The summed E-state index contributed by atoms with van der Waals surface area (Å²) < 4.78 is 40.4. The van der Waals surface area contributed by atoms with E-state index in [-0.39, 0.29) is 11.6 Å². The molecule has 0 spiro atoms. The van der Waals surface area contributed by atoms with Crippen molar-refractivity contribution in [3.63, 3.8) is 0 Å². The molecule has 12 heteroatoms. The number of carbonyl (C=O) groups excluding carboxylic acids is 2. The number of alkyl halides is 3. The molecule has 2 amide bonds. The molecule has 1 aliphatic heterocycles. The molecule has 0 saturated heterocycles. The quantitative estimate of drug-likeness (QED) is 0.465. The molecular formula is C14H7F3N4O5. The Kier molecular flexibility index (Phi) is 3.56. The topological polar surface area (TPSA) is 137 Å². The van der Waals surface area contributed by atoms with E-state index in [0.717, 1.165) is 6.07 Å². The number of aromatic nitrogens is 1. The van der Waals surface area contributed by atoms with Crippen molar-refractivity contribution in [1.82, 2.24) is 9.88 Å². The maximum atomic E-state index is 13.3. The van der Waals surface area contributed by atoms with Crippen molar-refractivity contribution in [1.29, 1.82) is 0 Å². The number of rotatable bonds is 2. The van der Waals surface area contributed by atoms with Gasteiger partial charge in [-0.25, -0.2) is 0 Å². The van der Waals surface area contributed by atoms with Gasteiger partial charge in [-0.15, -0.1) is 0 Å². The Balaban J connectivity index is 2.37. The Labute approximate surface area is 141 Å². The van der Waals surface area contributed by atoms with E-state index in [2.05, 4.69) is 0 Å². The van der Waals surface area contributed by atoms with Crippen LogP contribution in [0.1, 0.15) is 26.3 Å².